The van der Waals surface area contributed by atoms with Crippen LogP contribution in [0.4, 0.5) is 5.82 Å². The molecule has 1 unspecified atom stereocenters. The highest BCUT2D eigenvalue weighted by Crippen LogP contribution is 2.35. The Labute approximate surface area is 188 Å². The van der Waals surface area contributed by atoms with Crippen molar-refractivity contribution >= 4 is 50.2 Å². The summed E-state index contributed by atoms with van der Waals surface area (Å²) < 4.78 is 0.784. The van der Waals surface area contributed by atoms with Crippen LogP contribution in [0.3, 0.4) is 0 Å². The molecule has 0 radical (unpaired) electrons. The van der Waals surface area contributed by atoms with Crippen LogP contribution in [0.5, 0.6) is 0 Å². The molecule has 1 aliphatic heterocycles. The number of carbonyl (C=O) groups excluding carboxylic acids is 2. The molecule has 3 aromatic heterocycles. The van der Waals surface area contributed by atoms with Gasteiger partial charge in [-0.25, -0.2) is 4.98 Å². The Morgan fingerprint density at radius 2 is 2.10 bits per heavy atom. The maximum absolute atomic E-state index is 12.9. The zero-order chi connectivity index (χ0) is 21.5. The second-order valence-corrected chi connectivity index (χ2v) is 9.14. The van der Waals surface area contributed by atoms with Crippen molar-refractivity contribution < 1.29 is 9.59 Å². The first-order valence-electron chi connectivity index (χ1n) is 10.4. The van der Waals surface area contributed by atoms with Crippen LogP contribution in [0.15, 0.2) is 47.3 Å². The lowest BCUT2D eigenvalue weighted by Gasteiger charge is -2.31. The number of aromatic amines is 1. The summed E-state index contributed by atoms with van der Waals surface area (Å²) in [4.78, 5) is 38.8. The average Bonchev–Trinajstić information content (AvgIpc) is 3.51. The van der Waals surface area contributed by atoms with E-state index >= 15 is 0 Å². The topological polar surface area (TPSA) is 91.0 Å². The number of H-pyrrole nitrogens is 1. The summed E-state index contributed by atoms with van der Waals surface area (Å²) in [7, 11) is 0. The van der Waals surface area contributed by atoms with E-state index in [-0.39, 0.29) is 23.7 Å². The first kappa shape index (κ1) is 19.9. The molecule has 0 aromatic carbocycles. The predicted octanol–water partition coefficient (Wildman–Crippen LogP) is 4.24. The van der Waals surface area contributed by atoms with E-state index in [1.54, 1.807) is 18.5 Å². The van der Waals surface area contributed by atoms with Crippen molar-refractivity contribution in [1.29, 1.82) is 0 Å². The first-order valence-corrected chi connectivity index (χ1v) is 11.2. The van der Waals surface area contributed by atoms with Gasteiger partial charge in [0, 0.05) is 47.5 Å². The summed E-state index contributed by atoms with van der Waals surface area (Å²) in [6.07, 6.45) is 9.12. The smallest absolute Gasteiger partial charge is 0.255 e. The minimum Gasteiger partial charge on any atom is -0.346 e. The van der Waals surface area contributed by atoms with Crippen molar-refractivity contribution in [1.82, 2.24) is 19.9 Å². The molecule has 1 fully saturated rings. The minimum absolute atomic E-state index is 0.0325. The molecule has 2 amide bonds. The maximum atomic E-state index is 12.9. The third kappa shape index (κ3) is 3.99. The lowest BCUT2D eigenvalue weighted by molar-refractivity contribution is -0.117. The van der Waals surface area contributed by atoms with Crippen molar-refractivity contribution in [3.05, 3.63) is 58.5 Å². The first-order chi connectivity index (χ1) is 15.0. The fraction of sp³-hybridized carbons (Fsp3) is 0.304. The van der Waals surface area contributed by atoms with Crippen LogP contribution in [-0.4, -0.2) is 44.8 Å². The van der Waals surface area contributed by atoms with Crippen LogP contribution < -0.4 is 5.32 Å². The summed E-state index contributed by atoms with van der Waals surface area (Å²) >= 11 is 3.38. The van der Waals surface area contributed by atoms with Gasteiger partial charge < -0.3 is 15.2 Å². The van der Waals surface area contributed by atoms with Gasteiger partial charge in [-0.15, -0.1) is 0 Å². The van der Waals surface area contributed by atoms with E-state index in [2.05, 4.69) is 49.2 Å². The number of pyridine rings is 2. The van der Waals surface area contributed by atoms with Gasteiger partial charge in [0.15, 0.2) is 0 Å². The predicted molar refractivity (Wildman–Crippen MR) is 122 cm³/mol. The number of anilines is 1. The van der Waals surface area contributed by atoms with Crippen molar-refractivity contribution in [2.75, 3.05) is 18.4 Å². The Kier molecular flexibility index (Phi) is 5.09. The molecule has 4 heterocycles. The van der Waals surface area contributed by atoms with Crippen LogP contribution >= 0.6 is 15.9 Å². The Morgan fingerprint density at radius 1 is 1.26 bits per heavy atom. The number of aromatic nitrogens is 3. The van der Waals surface area contributed by atoms with Gasteiger partial charge in [0.2, 0.25) is 5.91 Å². The van der Waals surface area contributed by atoms with E-state index in [4.69, 9.17) is 0 Å². The van der Waals surface area contributed by atoms with Gasteiger partial charge in [-0.1, -0.05) is 13.0 Å². The van der Waals surface area contributed by atoms with E-state index in [9.17, 15) is 9.59 Å². The molecule has 0 bridgehead atoms. The van der Waals surface area contributed by atoms with Gasteiger partial charge in [0.25, 0.3) is 5.91 Å². The van der Waals surface area contributed by atoms with Crippen LogP contribution in [-0.2, 0) is 4.79 Å². The average molecular weight is 480 g/mol. The Morgan fingerprint density at radius 3 is 2.84 bits per heavy atom. The van der Waals surface area contributed by atoms with Crippen LogP contribution in [0.25, 0.3) is 16.6 Å². The summed E-state index contributed by atoms with van der Waals surface area (Å²) in [6, 6.07) is 5.75. The molecule has 1 aliphatic carbocycles. The Hall–Kier alpha value is -3.00. The van der Waals surface area contributed by atoms with Crippen molar-refractivity contribution in [3.8, 4) is 0 Å². The molecule has 3 aromatic rings. The van der Waals surface area contributed by atoms with Crippen molar-refractivity contribution in [2.45, 2.75) is 19.8 Å². The Bertz CT molecular complexity index is 1210. The second kappa shape index (κ2) is 7.92. The molecule has 1 atom stereocenters. The number of carbonyl (C=O) groups is 2. The molecule has 2 aliphatic rings. The number of halogens is 1. The number of rotatable bonds is 4. The van der Waals surface area contributed by atoms with Crippen LogP contribution in [0, 0.1) is 11.8 Å². The largest absolute Gasteiger partial charge is 0.346 e. The standard InChI is InChI=1S/C23H22BrN5O2/c1-13-12-29(23(31)15-8-16(24)11-25-10-15)7-5-17(13)19-9-20(28-22(30)14-2-3-14)27-21-18(19)4-6-26-21/h4-6,8-11,13-14H,2-3,7,12H2,1H3,(H2,26,27,28,30). The lowest BCUT2D eigenvalue weighted by Crippen LogP contribution is -2.38. The molecule has 158 valence electrons. The fourth-order valence-corrected chi connectivity index (χ4v) is 4.44. The molecule has 0 saturated heterocycles. The van der Waals surface area contributed by atoms with Gasteiger partial charge in [-0.05, 0) is 64.0 Å². The number of nitrogens with one attached hydrogen (secondary N) is 2. The minimum atomic E-state index is -0.0325. The molecule has 5 rings (SSSR count). The molecule has 31 heavy (non-hydrogen) atoms. The molecule has 8 heteroatoms. The maximum Gasteiger partial charge on any atom is 0.255 e. The van der Waals surface area contributed by atoms with E-state index in [1.165, 1.54) is 0 Å². The summed E-state index contributed by atoms with van der Waals surface area (Å²) in [5.74, 6) is 0.813. The molecule has 0 spiro atoms. The van der Waals surface area contributed by atoms with Crippen LogP contribution in [0.2, 0.25) is 0 Å². The van der Waals surface area contributed by atoms with E-state index < -0.39 is 0 Å². The fourth-order valence-electron chi connectivity index (χ4n) is 4.08. The summed E-state index contributed by atoms with van der Waals surface area (Å²) in [5, 5.41) is 3.97. The van der Waals surface area contributed by atoms with Gasteiger partial charge in [-0.2, -0.15) is 0 Å². The SMILES string of the molecule is CC1CN(C(=O)c2cncc(Br)c2)CC=C1c1cc(NC(=O)C2CC2)nc2[nH]ccc12. The molecular formula is C23H22BrN5O2. The zero-order valence-electron chi connectivity index (χ0n) is 17.1. The number of nitrogens with zero attached hydrogens (tertiary/aromatic N) is 3. The number of hydrogen-bond acceptors (Lipinski definition) is 4. The van der Waals surface area contributed by atoms with Gasteiger partial charge >= 0.3 is 0 Å². The number of amides is 2. The lowest BCUT2D eigenvalue weighted by atomic mass is 9.89. The number of hydrogen-bond donors (Lipinski definition) is 2. The molecular weight excluding hydrogens is 458 g/mol. The van der Waals surface area contributed by atoms with E-state index in [0.717, 1.165) is 39.5 Å². The summed E-state index contributed by atoms with van der Waals surface area (Å²) in [5.41, 5.74) is 3.52. The summed E-state index contributed by atoms with van der Waals surface area (Å²) in [6.45, 7) is 3.24. The Balaban J connectivity index is 1.44. The normalized spacial score (nSPS) is 18.7. The highest BCUT2D eigenvalue weighted by molar-refractivity contribution is 9.10. The van der Waals surface area contributed by atoms with E-state index in [0.29, 0.717) is 24.5 Å². The highest BCUT2D eigenvalue weighted by atomic mass is 79.9. The highest BCUT2D eigenvalue weighted by Gasteiger charge is 2.30. The van der Waals surface area contributed by atoms with E-state index in [1.807, 2.05) is 23.2 Å². The molecule has 1 saturated carbocycles. The third-order valence-electron chi connectivity index (χ3n) is 5.83. The monoisotopic (exact) mass is 479 g/mol. The van der Waals surface area contributed by atoms with Crippen molar-refractivity contribution in [2.24, 2.45) is 11.8 Å². The molecule has 7 nitrogen and oxygen atoms in total. The third-order valence-corrected chi connectivity index (χ3v) is 6.27. The molecule has 2 N–H and O–H groups in total. The van der Waals surface area contributed by atoms with Crippen molar-refractivity contribution in [3.63, 3.8) is 0 Å². The van der Waals surface area contributed by atoms with Gasteiger partial charge in [0.1, 0.15) is 11.5 Å². The van der Waals surface area contributed by atoms with Gasteiger partial charge in [0.05, 0.1) is 5.56 Å². The quantitative estimate of drug-likeness (QED) is 0.585. The van der Waals surface area contributed by atoms with Gasteiger partial charge in [-0.3, -0.25) is 14.6 Å². The second-order valence-electron chi connectivity index (χ2n) is 8.22. The zero-order valence-corrected chi connectivity index (χ0v) is 18.6. The van der Waals surface area contributed by atoms with Crippen LogP contribution in [0.1, 0.15) is 35.7 Å². The number of fused-ring (bicyclic) bond motifs is 1.